The highest BCUT2D eigenvalue weighted by Gasteiger charge is 2.04. The van der Waals surface area contributed by atoms with Crippen LogP contribution in [0.25, 0.3) is 0 Å². The van der Waals surface area contributed by atoms with E-state index in [9.17, 15) is 0 Å². The van der Waals surface area contributed by atoms with E-state index in [-0.39, 0.29) is 0 Å². The maximum absolute atomic E-state index is 5.69. The van der Waals surface area contributed by atoms with Gasteiger partial charge in [0.2, 0.25) is 5.88 Å². The molecule has 0 unspecified atom stereocenters. The number of hydrogen-bond acceptors (Lipinski definition) is 6. The van der Waals surface area contributed by atoms with E-state index in [0.29, 0.717) is 12.5 Å². The molecule has 0 aliphatic rings. The molecule has 1 N–H and O–H groups in total. The monoisotopic (exact) mass is 284 g/mol. The van der Waals surface area contributed by atoms with Crippen LogP contribution in [0.4, 0.5) is 5.82 Å². The zero-order valence-corrected chi connectivity index (χ0v) is 13.1. The third-order valence-electron chi connectivity index (χ3n) is 2.42. The van der Waals surface area contributed by atoms with Crippen LogP contribution in [-0.4, -0.2) is 54.9 Å². The standard InChI is InChI=1S/C13H24N4OS/c1-5-7-14-11-10-12(16-13(15-11)19-4)18-9-6-8-17(2)3/h10H,5-9H2,1-4H3,(H,14,15,16). The lowest BCUT2D eigenvalue weighted by atomic mass is 10.4. The molecule has 0 radical (unpaired) electrons. The van der Waals surface area contributed by atoms with Gasteiger partial charge in [-0.2, -0.15) is 4.98 Å². The highest BCUT2D eigenvalue weighted by molar-refractivity contribution is 7.98. The number of anilines is 1. The van der Waals surface area contributed by atoms with Gasteiger partial charge in [-0.1, -0.05) is 18.7 Å². The first-order chi connectivity index (χ1) is 9.15. The fourth-order valence-corrected chi connectivity index (χ4v) is 1.84. The number of thioether (sulfide) groups is 1. The summed E-state index contributed by atoms with van der Waals surface area (Å²) >= 11 is 1.52. The van der Waals surface area contributed by atoms with Crippen molar-refractivity contribution < 1.29 is 4.74 Å². The van der Waals surface area contributed by atoms with Gasteiger partial charge in [0.15, 0.2) is 5.16 Å². The Morgan fingerprint density at radius 3 is 2.79 bits per heavy atom. The number of rotatable bonds is 9. The first-order valence-corrected chi connectivity index (χ1v) is 7.82. The van der Waals surface area contributed by atoms with E-state index in [2.05, 4.69) is 41.2 Å². The summed E-state index contributed by atoms with van der Waals surface area (Å²) in [5.74, 6) is 1.49. The van der Waals surface area contributed by atoms with Crippen molar-refractivity contribution in [3.8, 4) is 5.88 Å². The van der Waals surface area contributed by atoms with Crippen LogP contribution in [0.2, 0.25) is 0 Å². The minimum atomic E-state index is 0.650. The molecule has 5 nitrogen and oxygen atoms in total. The lowest BCUT2D eigenvalue weighted by molar-refractivity contribution is 0.271. The van der Waals surface area contributed by atoms with Crippen LogP contribution >= 0.6 is 11.8 Å². The van der Waals surface area contributed by atoms with Crippen LogP contribution < -0.4 is 10.1 Å². The van der Waals surface area contributed by atoms with E-state index < -0.39 is 0 Å². The maximum Gasteiger partial charge on any atom is 0.219 e. The van der Waals surface area contributed by atoms with Gasteiger partial charge < -0.3 is 15.0 Å². The van der Waals surface area contributed by atoms with Crippen LogP contribution in [0.3, 0.4) is 0 Å². The summed E-state index contributed by atoms with van der Waals surface area (Å²) in [6.07, 6.45) is 4.02. The van der Waals surface area contributed by atoms with Crippen LogP contribution in [0, 0.1) is 0 Å². The average molecular weight is 284 g/mol. The van der Waals surface area contributed by atoms with Gasteiger partial charge in [0, 0.05) is 19.2 Å². The minimum Gasteiger partial charge on any atom is -0.477 e. The van der Waals surface area contributed by atoms with Gasteiger partial charge in [0.25, 0.3) is 0 Å². The number of ether oxygens (including phenoxy) is 1. The summed E-state index contributed by atoms with van der Waals surface area (Å²) in [6.45, 7) is 4.73. The van der Waals surface area contributed by atoms with Crippen molar-refractivity contribution in [3.63, 3.8) is 0 Å². The molecule has 0 atom stereocenters. The Balaban J connectivity index is 2.55. The van der Waals surface area contributed by atoms with Crippen molar-refractivity contribution in [2.24, 2.45) is 0 Å². The summed E-state index contributed by atoms with van der Waals surface area (Å²) in [5, 5.41) is 4.00. The summed E-state index contributed by atoms with van der Waals surface area (Å²) in [5.41, 5.74) is 0. The highest BCUT2D eigenvalue weighted by Crippen LogP contribution is 2.19. The van der Waals surface area contributed by atoms with E-state index >= 15 is 0 Å². The molecule has 0 bridgehead atoms. The van der Waals surface area contributed by atoms with Gasteiger partial charge in [-0.25, -0.2) is 4.98 Å². The Morgan fingerprint density at radius 1 is 1.37 bits per heavy atom. The second kappa shape index (κ2) is 8.98. The molecule has 0 amide bonds. The molecule has 1 aromatic heterocycles. The Bertz CT molecular complexity index is 374. The van der Waals surface area contributed by atoms with Gasteiger partial charge in [-0.05, 0) is 33.2 Å². The molecule has 0 saturated heterocycles. The number of aromatic nitrogens is 2. The van der Waals surface area contributed by atoms with Crippen LogP contribution in [-0.2, 0) is 0 Å². The zero-order chi connectivity index (χ0) is 14.1. The van der Waals surface area contributed by atoms with Crippen molar-refractivity contribution in [2.45, 2.75) is 24.9 Å². The molecule has 0 aliphatic heterocycles. The Hall–Kier alpha value is -1.01. The largest absolute Gasteiger partial charge is 0.477 e. The summed E-state index contributed by atoms with van der Waals surface area (Å²) in [7, 11) is 4.12. The van der Waals surface area contributed by atoms with E-state index in [1.54, 1.807) is 0 Å². The molecular weight excluding hydrogens is 260 g/mol. The third kappa shape index (κ3) is 6.63. The number of hydrogen-bond donors (Lipinski definition) is 1. The highest BCUT2D eigenvalue weighted by atomic mass is 32.2. The second-order valence-electron chi connectivity index (χ2n) is 4.51. The van der Waals surface area contributed by atoms with Crippen LogP contribution in [0.1, 0.15) is 19.8 Å². The zero-order valence-electron chi connectivity index (χ0n) is 12.3. The van der Waals surface area contributed by atoms with Crippen molar-refractivity contribution in [1.29, 1.82) is 0 Å². The van der Waals surface area contributed by atoms with E-state index in [1.807, 2.05) is 12.3 Å². The molecule has 1 aromatic rings. The van der Waals surface area contributed by atoms with Crippen LogP contribution in [0.5, 0.6) is 5.88 Å². The predicted molar refractivity (Wildman–Crippen MR) is 81.3 cm³/mol. The normalized spacial score (nSPS) is 10.8. The quantitative estimate of drug-likeness (QED) is 0.427. The van der Waals surface area contributed by atoms with Gasteiger partial charge in [-0.3, -0.25) is 0 Å². The molecule has 0 saturated carbocycles. The molecule has 19 heavy (non-hydrogen) atoms. The van der Waals surface area contributed by atoms with Crippen molar-refractivity contribution in [1.82, 2.24) is 14.9 Å². The molecule has 0 aliphatic carbocycles. The molecule has 0 spiro atoms. The Labute approximate surface area is 120 Å². The smallest absolute Gasteiger partial charge is 0.219 e. The van der Waals surface area contributed by atoms with E-state index in [4.69, 9.17) is 4.74 Å². The topological polar surface area (TPSA) is 50.3 Å². The van der Waals surface area contributed by atoms with Crippen LogP contribution in [0.15, 0.2) is 11.2 Å². The number of nitrogens with zero attached hydrogens (tertiary/aromatic N) is 3. The minimum absolute atomic E-state index is 0.650. The maximum atomic E-state index is 5.69. The predicted octanol–water partition coefficient (Wildman–Crippen LogP) is 2.35. The van der Waals surface area contributed by atoms with Gasteiger partial charge in [-0.15, -0.1) is 0 Å². The van der Waals surface area contributed by atoms with Gasteiger partial charge in [0.05, 0.1) is 6.61 Å². The van der Waals surface area contributed by atoms with Gasteiger partial charge in [0.1, 0.15) is 5.82 Å². The first-order valence-electron chi connectivity index (χ1n) is 6.60. The Kier molecular flexibility index (Phi) is 7.59. The fourth-order valence-electron chi connectivity index (χ4n) is 1.47. The molecule has 0 fully saturated rings. The lowest BCUT2D eigenvalue weighted by Gasteiger charge is -2.11. The molecule has 6 heteroatoms. The molecule has 1 rings (SSSR count). The molecule has 1 heterocycles. The molecular formula is C13H24N4OS. The summed E-state index contributed by atoms with van der Waals surface area (Å²) < 4.78 is 5.69. The SMILES string of the molecule is CCCNc1cc(OCCCN(C)C)nc(SC)n1. The molecule has 0 aromatic carbocycles. The first kappa shape index (κ1) is 16.0. The third-order valence-corrected chi connectivity index (χ3v) is 2.97. The molecule has 108 valence electrons. The average Bonchev–Trinajstić information content (AvgIpc) is 2.41. The van der Waals surface area contributed by atoms with E-state index in [1.165, 1.54) is 11.8 Å². The Morgan fingerprint density at radius 2 is 2.16 bits per heavy atom. The van der Waals surface area contributed by atoms with E-state index in [0.717, 1.165) is 36.9 Å². The van der Waals surface area contributed by atoms with Crippen molar-refractivity contribution in [3.05, 3.63) is 6.07 Å². The lowest BCUT2D eigenvalue weighted by Crippen LogP contribution is -2.16. The summed E-state index contributed by atoms with van der Waals surface area (Å²) in [6, 6.07) is 1.87. The van der Waals surface area contributed by atoms with Gasteiger partial charge >= 0.3 is 0 Å². The summed E-state index contributed by atoms with van der Waals surface area (Å²) in [4.78, 5) is 10.9. The number of nitrogens with one attached hydrogen (secondary N) is 1. The van der Waals surface area contributed by atoms with Crippen molar-refractivity contribution in [2.75, 3.05) is 45.4 Å². The van der Waals surface area contributed by atoms with Crippen molar-refractivity contribution >= 4 is 17.6 Å². The fraction of sp³-hybridized carbons (Fsp3) is 0.692. The second-order valence-corrected chi connectivity index (χ2v) is 5.28.